The van der Waals surface area contributed by atoms with Crippen LogP contribution in [-0.4, -0.2) is 21.9 Å². The molecule has 1 atom stereocenters. The van der Waals surface area contributed by atoms with E-state index in [2.05, 4.69) is 14.9 Å². The molecular weight excluding hydrogens is 421 g/mol. The Morgan fingerprint density at radius 3 is 2.50 bits per heavy atom. The summed E-state index contributed by atoms with van der Waals surface area (Å²) in [6, 6.07) is 12.8. The number of ether oxygens (including phenoxy) is 1. The first-order chi connectivity index (χ1) is 15.3. The molecule has 0 N–H and O–H groups in total. The average Bonchev–Trinajstić information content (AvgIpc) is 3.21. The molecule has 160 valence electrons. The lowest BCUT2D eigenvalue weighted by Gasteiger charge is -2.34. The Kier molecular flexibility index (Phi) is 5.07. The number of benzene rings is 2. The van der Waals surface area contributed by atoms with E-state index < -0.39 is 17.8 Å². The monoisotopic (exact) mass is 436 g/mol. The molecule has 3 aromatic rings. The molecule has 0 saturated heterocycles. The summed E-state index contributed by atoms with van der Waals surface area (Å²) < 4.78 is 46.6. The van der Waals surface area contributed by atoms with Crippen LogP contribution in [-0.2, 0) is 6.18 Å². The molecule has 4 rings (SSSR count). The molecule has 0 spiro atoms. The van der Waals surface area contributed by atoms with Crippen molar-refractivity contribution in [3.05, 3.63) is 88.0 Å². The fraction of sp³-hybridized carbons (Fsp3) is 0.182. The van der Waals surface area contributed by atoms with Crippen molar-refractivity contribution in [1.82, 2.24) is 14.8 Å². The topological polar surface area (TPSA) is 71.3 Å². The van der Waals surface area contributed by atoms with Gasteiger partial charge in [0.15, 0.2) is 0 Å². The van der Waals surface area contributed by atoms with E-state index in [-0.39, 0.29) is 23.3 Å². The minimum atomic E-state index is -4.53. The zero-order chi connectivity index (χ0) is 23.0. The third-order valence-electron chi connectivity index (χ3n) is 5.09. The van der Waals surface area contributed by atoms with Crippen molar-refractivity contribution < 1.29 is 17.9 Å². The number of allylic oxidation sites excluding steroid dienone is 2. The Morgan fingerprint density at radius 2 is 1.91 bits per heavy atom. The van der Waals surface area contributed by atoms with E-state index in [0.29, 0.717) is 16.8 Å². The SMILES string of the molecule is [C-]#[N+]C1=C(C)N(c2cccc(C(F)(F)F)c2)c2nc(OC)nn2C1c1ccc(C#N)cc1. The van der Waals surface area contributed by atoms with Crippen LogP contribution in [0.25, 0.3) is 4.85 Å². The maximum absolute atomic E-state index is 13.3. The molecule has 0 aliphatic carbocycles. The van der Waals surface area contributed by atoms with Crippen molar-refractivity contribution in [2.45, 2.75) is 19.1 Å². The van der Waals surface area contributed by atoms with Crippen LogP contribution >= 0.6 is 0 Å². The first-order valence-electron chi connectivity index (χ1n) is 9.34. The highest BCUT2D eigenvalue weighted by atomic mass is 19.4. The molecule has 1 aliphatic rings. The minimum absolute atomic E-state index is 0.00894. The standard InChI is InChI=1S/C22H15F3N6O/c1-13-18(27-2)19(15-9-7-14(12-26)8-10-15)31-21(28-20(29-31)32-3)30(13)17-6-4-5-16(11-17)22(23,24)25/h4-11,19H,1,3H3. The number of alkyl halides is 3. The molecule has 0 bridgehead atoms. The summed E-state index contributed by atoms with van der Waals surface area (Å²) in [5.74, 6) is 0.209. The van der Waals surface area contributed by atoms with E-state index in [0.717, 1.165) is 12.1 Å². The van der Waals surface area contributed by atoms with Crippen molar-refractivity contribution in [2.24, 2.45) is 0 Å². The fourth-order valence-corrected chi connectivity index (χ4v) is 3.60. The fourth-order valence-electron chi connectivity index (χ4n) is 3.60. The maximum Gasteiger partial charge on any atom is 0.416 e. The highest BCUT2D eigenvalue weighted by Gasteiger charge is 2.37. The summed E-state index contributed by atoms with van der Waals surface area (Å²) in [7, 11) is 1.38. The molecule has 10 heteroatoms. The van der Waals surface area contributed by atoms with Gasteiger partial charge < -0.3 is 4.74 Å². The summed E-state index contributed by atoms with van der Waals surface area (Å²) in [4.78, 5) is 9.47. The number of hydrogen-bond donors (Lipinski definition) is 0. The van der Waals surface area contributed by atoms with Crippen molar-refractivity contribution >= 4 is 11.6 Å². The summed E-state index contributed by atoms with van der Waals surface area (Å²) in [5, 5.41) is 13.4. The number of nitrogens with zero attached hydrogens (tertiary/aromatic N) is 6. The second-order valence-electron chi connectivity index (χ2n) is 6.95. The van der Waals surface area contributed by atoms with Gasteiger partial charge in [0.2, 0.25) is 11.6 Å². The number of nitriles is 1. The van der Waals surface area contributed by atoms with Crippen LogP contribution < -0.4 is 9.64 Å². The average molecular weight is 436 g/mol. The Morgan fingerprint density at radius 1 is 1.19 bits per heavy atom. The summed E-state index contributed by atoms with van der Waals surface area (Å²) in [6.07, 6.45) is -4.53. The van der Waals surface area contributed by atoms with Gasteiger partial charge in [0, 0.05) is 11.4 Å². The number of rotatable bonds is 3. The molecule has 0 radical (unpaired) electrons. The van der Waals surface area contributed by atoms with Gasteiger partial charge in [0.05, 0.1) is 30.9 Å². The van der Waals surface area contributed by atoms with Crippen molar-refractivity contribution in [2.75, 3.05) is 12.0 Å². The van der Waals surface area contributed by atoms with Crippen LogP contribution in [0.15, 0.2) is 59.9 Å². The van der Waals surface area contributed by atoms with E-state index in [1.807, 2.05) is 6.07 Å². The van der Waals surface area contributed by atoms with Gasteiger partial charge in [-0.15, -0.1) is 5.10 Å². The van der Waals surface area contributed by atoms with Crippen LogP contribution in [0.3, 0.4) is 0 Å². The third-order valence-corrected chi connectivity index (χ3v) is 5.09. The zero-order valence-corrected chi connectivity index (χ0v) is 16.9. The number of hydrogen-bond acceptors (Lipinski definition) is 5. The Balaban J connectivity index is 1.94. The molecule has 1 unspecified atom stereocenters. The van der Waals surface area contributed by atoms with Crippen molar-refractivity contribution in [3.63, 3.8) is 0 Å². The first kappa shape index (κ1) is 20.9. The lowest BCUT2D eigenvalue weighted by Crippen LogP contribution is -2.30. The van der Waals surface area contributed by atoms with Crippen molar-refractivity contribution in [1.29, 1.82) is 5.26 Å². The van der Waals surface area contributed by atoms with E-state index in [1.54, 1.807) is 31.2 Å². The van der Waals surface area contributed by atoms with Gasteiger partial charge in [-0.2, -0.15) is 23.4 Å². The predicted molar refractivity (Wildman–Crippen MR) is 109 cm³/mol. The second-order valence-corrected chi connectivity index (χ2v) is 6.95. The summed E-state index contributed by atoms with van der Waals surface area (Å²) in [6.45, 7) is 9.44. The highest BCUT2D eigenvalue weighted by Crippen LogP contribution is 2.44. The number of aromatic nitrogens is 3. The highest BCUT2D eigenvalue weighted by molar-refractivity contribution is 5.68. The first-order valence-corrected chi connectivity index (χ1v) is 9.34. The molecule has 2 heterocycles. The van der Waals surface area contributed by atoms with Crippen molar-refractivity contribution in [3.8, 4) is 12.1 Å². The van der Waals surface area contributed by atoms with Crippen LogP contribution in [0.5, 0.6) is 6.01 Å². The second kappa shape index (κ2) is 7.75. The van der Waals surface area contributed by atoms with E-state index in [9.17, 15) is 13.2 Å². The molecule has 1 aromatic heterocycles. The normalized spacial score (nSPS) is 15.7. The van der Waals surface area contributed by atoms with Crippen LogP contribution in [0.1, 0.15) is 29.7 Å². The number of methoxy groups -OCH3 is 1. The number of fused-ring (bicyclic) bond motifs is 1. The maximum atomic E-state index is 13.3. The largest absolute Gasteiger partial charge is 0.466 e. The molecule has 7 nitrogen and oxygen atoms in total. The van der Waals surface area contributed by atoms with Gasteiger partial charge in [-0.1, -0.05) is 18.2 Å². The van der Waals surface area contributed by atoms with Crippen LogP contribution in [0, 0.1) is 17.9 Å². The molecular formula is C22H15F3N6O. The number of halogens is 3. The van der Waals surface area contributed by atoms with Gasteiger partial charge in [0.25, 0.3) is 0 Å². The number of anilines is 2. The summed E-state index contributed by atoms with van der Waals surface area (Å²) >= 11 is 0. The Labute approximate surface area is 181 Å². The molecule has 0 fully saturated rings. The predicted octanol–water partition coefficient (Wildman–Crippen LogP) is 5.07. The van der Waals surface area contributed by atoms with Crippen LogP contribution in [0.4, 0.5) is 24.8 Å². The molecule has 0 amide bonds. The quantitative estimate of drug-likeness (QED) is 0.536. The van der Waals surface area contributed by atoms with E-state index in [1.165, 1.54) is 28.8 Å². The molecule has 2 aromatic carbocycles. The van der Waals surface area contributed by atoms with Gasteiger partial charge in [-0.25, -0.2) is 9.53 Å². The lowest BCUT2D eigenvalue weighted by molar-refractivity contribution is -0.137. The van der Waals surface area contributed by atoms with E-state index >= 15 is 0 Å². The molecule has 32 heavy (non-hydrogen) atoms. The third kappa shape index (κ3) is 3.42. The zero-order valence-electron chi connectivity index (χ0n) is 16.9. The Bertz CT molecular complexity index is 1290. The minimum Gasteiger partial charge on any atom is -0.466 e. The molecule has 0 saturated carbocycles. The van der Waals surface area contributed by atoms with Gasteiger partial charge in [0.1, 0.15) is 6.04 Å². The van der Waals surface area contributed by atoms with Gasteiger partial charge in [-0.3, -0.25) is 4.90 Å². The Hall–Kier alpha value is -4.31. The lowest BCUT2D eigenvalue weighted by atomic mass is 9.99. The molecule has 1 aliphatic heterocycles. The van der Waals surface area contributed by atoms with Gasteiger partial charge in [-0.05, 0) is 42.8 Å². The van der Waals surface area contributed by atoms with Gasteiger partial charge >= 0.3 is 12.2 Å². The van der Waals surface area contributed by atoms with Crippen LogP contribution in [0.2, 0.25) is 0 Å². The smallest absolute Gasteiger partial charge is 0.416 e. The van der Waals surface area contributed by atoms with E-state index in [4.69, 9.17) is 16.6 Å². The summed E-state index contributed by atoms with van der Waals surface area (Å²) in [5.41, 5.74) is 1.17.